The molecule has 0 amide bonds. The first-order valence-electron chi connectivity index (χ1n) is 6.90. The number of hydrogen-bond acceptors (Lipinski definition) is 2. The second-order valence-corrected chi connectivity index (χ2v) is 6.79. The minimum absolute atomic E-state index is 0.0147. The lowest BCUT2D eigenvalue weighted by Crippen LogP contribution is -2.23. The Morgan fingerprint density at radius 2 is 1.95 bits per heavy atom. The van der Waals surface area contributed by atoms with E-state index in [4.69, 9.17) is 0 Å². The molecule has 0 bridgehead atoms. The smallest absolute Gasteiger partial charge is 0.142 e. The van der Waals surface area contributed by atoms with Gasteiger partial charge in [-0.3, -0.25) is 0 Å². The molecule has 1 atom stereocenters. The molecule has 1 N–H and O–H groups in total. The van der Waals surface area contributed by atoms with E-state index in [1.165, 1.54) is 9.75 Å². The SMILES string of the molecule is CCNC(Cc1ccc(CC)s1)c1cccc(Br)c1F. The summed E-state index contributed by atoms with van der Waals surface area (Å²) in [6.07, 6.45) is 1.88. The standard InChI is InChI=1S/C16H19BrFNS/c1-3-11-8-9-12(20-11)10-15(19-4-2)13-6-5-7-14(17)16(13)18/h5-9,15,19H,3-4,10H2,1-2H3. The lowest BCUT2D eigenvalue weighted by atomic mass is 10.0. The van der Waals surface area contributed by atoms with Crippen LogP contribution in [0.15, 0.2) is 34.8 Å². The lowest BCUT2D eigenvalue weighted by molar-refractivity contribution is 0.510. The molecule has 0 saturated carbocycles. The maximum Gasteiger partial charge on any atom is 0.142 e. The van der Waals surface area contributed by atoms with Crippen molar-refractivity contribution in [3.05, 3.63) is 55.9 Å². The molecule has 1 heterocycles. The number of benzene rings is 1. The molecule has 0 saturated heterocycles. The van der Waals surface area contributed by atoms with E-state index in [-0.39, 0.29) is 11.9 Å². The summed E-state index contributed by atoms with van der Waals surface area (Å²) in [6.45, 7) is 5.03. The third-order valence-corrected chi connectivity index (χ3v) is 5.14. The highest BCUT2D eigenvalue weighted by Crippen LogP contribution is 2.28. The number of nitrogens with one attached hydrogen (secondary N) is 1. The molecule has 108 valence electrons. The van der Waals surface area contributed by atoms with Gasteiger partial charge in [-0.05, 0) is 47.1 Å². The van der Waals surface area contributed by atoms with Crippen LogP contribution in [0.2, 0.25) is 0 Å². The van der Waals surface area contributed by atoms with Gasteiger partial charge in [-0.25, -0.2) is 4.39 Å². The zero-order chi connectivity index (χ0) is 14.5. The summed E-state index contributed by atoms with van der Waals surface area (Å²) in [5.74, 6) is -0.161. The Bertz CT molecular complexity index is 567. The average molecular weight is 356 g/mol. The van der Waals surface area contributed by atoms with Gasteiger partial charge in [-0.1, -0.05) is 26.0 Å². The fraction of sp³-hybridized carbons (Fsp3) is 0.375. The average Bonchev–Trinajstić information content (AvgIpc) is 2.89. The fourth-order valence-electron chi connectivity index (χ4n) is 2.25. The van der Waals surface area contributed by atoms with Gasteiger partial charge in [0.25, 0.3) is 0 Å². The molecule has 0 aliphatic carbocycles. The summed E-state index contributed by atoms with van der Waals surface area (Å²) in [4.78, 5) is 2.68. The van der Waals surface area contributed by atoms with Crippen LogP contribution < -0.4 is 5.32 Å². The normalized spacial score (nSPS) is 12.6. The van der Waals surface area contributed by atoms with Crippen LogP contribution in [0.4, 0.5) is 4.39 Å². The number of likely N-dealkylation sites (N-methyl/N-ethyl adjacent to an activating group) is 1. The molecule has 1 aromatic heterocycles. The molecule has 1 nitrogen and oxygen atoms in total. The van der Waals surface area contributed by atoms with E-state index in [1.807, 2.05) is 23.5 Å². The fourth-order valence-corrected chi connectivity index (χ4v) is 3.64. The van der Waals surface area contributed by atoms with Gasteiger partial charge in [0.2, 0.25) is 0 Å². The van der Waals surface area contributed by atoms with Crippen molar-refractivity contribution in [1.29, 1.82) is 0 Å². The third kappa shape index (κ3) is 3.68. The van der Waals surface area contributed by atoms with Crippen LogP contribution in [0.1, 0.15) is 35.2 Å². The molecular formula is C16H19BrFNS. The quantitative estimate of drug-likeness (QED) is 0.759. The van der Waals surface area contributed by atoms with Gasteiger partial charge >= 0.3 is 0 Å². The van der Waals surface area contributed by atoms with E-state index >= 15 is 0 Å². The van der Waals surface area contributed by atoms with Crippen molar-refractivity contribution in [3.63, 3.8) is 0 Å². The van der Waals surface area contributed by atoms with Crippen LogP contribution in [0.3, 0.4) is 0 Å². The van der Waals surface area contributed by atoms with E-state index < -0.39 is 0 Å². The van der Waals surface area contributed by atoms with Crippen molar-refractivity contribution in [1.82, 2.24) is 5.32 Å². The summed E-state index contributed by atoms with van der Waals surface area (Å²) in [5, 5.41) is 3.39. The van der Waals surface area contributed by atoms with Crippen molar-refractivity contribution in [2.45, 2.75) is 32.7 Å². The van der Waals surface area contributed by atoms with Crippen molar-refractivity contribution < 1.29 is 4.39 Å². The van der Waals surface area contributed by atoms with Gasteiger partial charge in [0.05, 0.1) is 4.47 Å². The summed E-state index contributed by atoms with van der Waals surface area (Å²) >= 11 is 5.08. The Labute approximate surface area is 132 Å². The maximum atomic E-state index is 14.3. The topological polar surface area (TPSA) is 12.0 Å². The second kappa shape index (κ2) is 7.34. The van der Waals surface area contributed by atoms with Gasteiger partial charge in [0, 0.05) is 27.8 Å². The highest BCUT2D eigenvalue weighted by atomic mass is 79.9. The summed E-state index contributed by atoms with van der Waals surface area (Å²) in [5.41, 5.74) is 0.729. The Morgan fingerprint density at radius 1 is 1.20 bits per heavy atom. The van der Waals surface area contributed by atoms with Gasteiger partial charge < -0.3 is 5.32 Å². The molecule has 0 aliphatic heterocycles. The van der Waals surface area contributed by atoms with Gasteiger partial charge in [-0.15, -0.1) is 11.3 Å². The zero-order valence-electron chi connectivity index (χ0n) is 11.7. The minimum Gasteiger partial charge on any atom is -0.310 e. The second-order valence-electron chi connectivity index (χ2n) is 4.68. The minimum atomic E-state index is -0.161. The number of rotatable bonds is 6. The molecule has 0 fully saturated rings. The van der Waals surface area contributed by atoms with E-state index in [0.29, 0.717) is 4.47 Å². The van der Waals surface area contributed by atoms with Crippen molar-refractivity contribution in [2.75, 3.05) is 6.54 Å². The van der Waals surface area contributed by atoms with Crippen LogP contribution >= 0.6 is 27.3 Å². The number of hydrogen-bond donors (Lipinski definition) is 1. The van der Waals surface area contributed by atoms with Crippen LogP contribution in [-0.4, -0.2) is 6.54 Å². The van der Waals surface area contributed by atoms with E-state index in [2.05, 4.69) is 47.2 Å². The molecule has 1 aromatic carbocycles. The molecular weight excluding hydrogens is 337 g/mol. The monoisotopic (exact) mass is 355 g/mol. The largest absolute Gasteiger partial charge is 0.310 e. The molecule has 4 heteroatoms. The van der Waals surface area contributed by atoms with Crippen molar-refractivity contribution in [3.8, 4) is 0 Å². The van der Waals surface area contributed by atoms with E-state index in [0.717, 1.165) is 24.9 Å². The summed E-state index contributed by atoms with van der Waals surface area (Å²) in [6, 6.07) is 9.83. The Kier molecular flexibility index (Phi) is 5.75. The predicted molar refractivity (Wildman–Crippen MR) is 87.9 cm³/mol. The number of halogens is 2. The first kappa shape index (κ1) is 15.7. The van der Waals surface area contributed by atoms with Crippen molar-refractivity contribution >= 4 is 27.3 Å². The summed E-state index contributed by atoms with van der Waals surface area (Å²) < 4.78 is 14.8. The Morgan fingerprint density at radius 3 is 2.60 bits per heavy atom. The molecule has 2 rings (SSSR count). The van der Waals surface area contributed by atoms with Crippen molar-refractivity contribution in [2.24, 2.45) is 0 Å². The first-order chi connectivity index (χ1) is 9.65. The Balaban J connectivity index is 2.24. The predicted octanol–water partition coefficient (Wildman–Crippen LogP) is 5.11. The lowest BCUT2D eigenvalue weighted by Gasteiger charge is -2.19. The zero-order valence-corrected chi connectivity index (χ0v) is 14.2. The third-order valence-electron chi connectivity index (χ3n) is 3.28. The van der Waals surface area contributed by atoms with Crippen LogP contribution in [-0.2, 0) is 12.8 Å². The Hall–Kier alpha value is -0.710. The summed E-state index contributed by atoms with van der Waals surface area (Å²) in [7, 11) is 0. The molecule has 2 aromatic rings. The first-order valence-corrected chi connectivity index (χ1v) is 8.51. The number of aryl methyl sites for hydroxylation is 1. The molecule has 0 aliphatic rings. The van der Waals surface area contributed by atoms with Crippen LogP contribution in [0.25, 0.3) is 0 Å². The molecule has 0 spiro atoms. The molecule has 1 unspecified atom stereocenters. The number of thiophene rings is 1. The van der Waals surface area contributed by atoms with Gasteiger partial charge in [-0.2, -0.15) is 0 Å². The molecule has 20 heavy (non-hydrogen) atoms. The van der Waals surface area contributed by atoms with E-state index in [1.54, 1.807) is 6.07 Å². The molecule has 0 radical (unpaired) electrons. The highest BCUT2D eigenvalue weighted by Gasteiger charge is 2.17. The van der Waals surface area contributed by atoms with Gasteiger partial charge in [0.15, 0.2) is 0 Å². The highest BCUT2D eigenvalue weighted by molar-refractivity contribution is 9.10. The van der Waals surface area contributed by atoms with E-state index in [9.17, 15) is 4.39 Å². The van der Waals surface area contributed by atoms with Crippen LogP contribution in [0.5, 0.6) is 0 Å². The van der Waals surface area contributed by atoms with Crippen LogP contribution in [0, 0.1) is 5.82 Å². The maximum absolute atomic E-state index is 14.3. The van der Waals surface area contributed by atoms with Gasteiger partial charge in [0.1, 0.15) is 5.82 Å².